The molecule has 1 heterocycles. The van der Waals surface area contributed by atoms with E-state index >= 15 is 0 Å². The molecule has 33 heavy (non-hydrogen) atoms. The molecule has 6 nitrogen and oxygen atoms in total. The number of allylic oxidation sites excluding steroid dienone is 1. The van der Waals surface area contributed by atoms with Crippen LogP contribution in [0.5, 0.6) is 0 Å². The molecule has 1 aromatic heterocycles. The Hall–Kier alpha value is -3.16. The number of carbonyl (C=O) groups is 1. The molecule has 0 spiro atoms. The van der Waals surface area contributed by atoms with Crippen LogP contribution in [0, 0.1) is 0 Å². The molecule has 2 N–H and O–H groups in total. The number of nitrogens with one attached hydrogen (secondary N) is 1. The number of pyridine rings is 1. The second kappa shape index (κ2) is 11.6. The highest BCUT2D eigenvalue weighted by Crippen LogP contribution is 2.31. The van der Waals surface area contributed by atoms with E-state index in [2.05, 4.69) is 9.71 Å². The van der Waals surface area contributed by atoms with Gasteiger partial charge in [-0.2, -0.15) is 0 Å². The van der Waals surface area contributed by atoms with E-state index in [0.29, 0.717) is 17.1 Å². The zero-order chi connectivity index (χ0) is 23.7. The number of anilines is 1. The smallest absolute Gasteiger partial charge is 0.327 e. The normalized spacial score (nSPS) is 12.5. The number of nitrogens with zero attached hydrogens (tertiary/aromatic N) is 1. The molecule has 0 aliphatic rings. The maximum Gasteiger partial charge on any atom is 0.327 e. The minimum absolute atomic E-state index is 0.0298. The minimum Gasteiger partial charge on any atom is -0.478 e. The first-order valence-electron chi connectivity index (χ1n) is 10.5. The summed E-state index contributed by atoms with van der Waals surface area (Å²) in [5, 5.41) is 9.17. The van der Waals surface area contributed by atoms with Gasteiger partial charge in [-0.15, -0.1) is 0 Å². The van der Waals surface area contributed by atoms with Gasteiger partial charge in [-0.1, -0.05) is 42.3 Å². The quantitative estimate of drug-likeness (QED) is 0.262. The average molecular weight is 485 g/mol. The Morgan fingerprint density at radius 1 is 1.06 bits per heavy atom. The van der Waals surface area contributed by atoms with E-state index < -0.39 is 16.0 Å². The number of sulfonamides is 1. The van der Waals surface area contributed by atoms with Gasteiger partial charge in [0.05, 0.1) is 4.90 Å². The van der Waals surface area contributed by atoms with Gasteiger partial charge in [0, 0.05) is 35.1 Å². The van der Waals surface area contributed by atoms with E-state index in [1.807, 2.05) is 36.5 Å². The Balaban J connectivity index is 1.77. The lowest BCUT2D eigenvalue weighted by Gasteiger charge is -2.19. The Morgan fingerprint density at radius 2 is 1.82 bits per heavy atom. The van der Waals surface area contributed by atoms with Crippen molar-refractivity contribution in [3.63, 3.8) is 0 Å². The second-order valence-electron chi connectivity index (χ2n) is 7.55. The molecule has 0 fully saturated rings. The fourth-order valence-corrected chi connectivity index (χ4v) is 4.72. The van der Waals surface area contributed by atoms with Gasteiger partial charge >= 0.3 is 5.97 Å². The van der Waals surface area contributed by atoms with Crippen molar-refractivity contribution < 1.29 is 18.3 Å². The molecule has 0 aliphatic heterocycles. The molecule has 0 aliphatic carbocycles. The van der Waals surface area contributed by atoms with Crippen LogP contribution in [0.1, 0.15) is 42.7 Å². The van der Waals surface area contributed by atoms with E-state index in [-0.39, 0.29) is 10.8 Å². The molecule has 0 amide bonds. The van der Waals surface area contributed by atoms with Crippen molar-refractivity contribution in [3.8, 4) is 0 Å². The van der Waals surface area contributed by atoms with Gasteiger partial charge < -0.3 is 5.11 Å². The first-order chi connectivity index (χ1) is 15.8. The number of carboxylic acids is 1. The van der Waals surface area contributed by atoms with Crippen LogP contribution in [-0.4, -0.2) is 24.5 Å². The number of aliphatic carboxylic acids is 1. The molecule has 1 atom stereocenters. The van der Waals surface area contributed by atoms with Crippen LogP contribution in [-0.2, 0) is 14.8 Å². The average Bonchev–Trinajstić information content (AvgIpc) is 2.79. The molecule has 0 saturated carbocycles. The SMILES string of the molecule is O=C(O)C=CCCCCC(c1cccnc1)c1cccc(NS(=O)(=O)c2ccc(Cl)cc2)c1. The molecule has 0 radical (unpaired) electrons. The predicted molar refractivity (Wildman–Crippen MR) is 130 cm³/mol. The van der Waals surface area contributed by atoms with Gasteiger partial charge in [0.15, 0.2) is 0 Å². The van der Waals surface area contributed by atoms with Gasteiger partial charge in [-0.25, -0.2) is 13.2 Å². The van der Waals surface area contributed by atoms with Crippen LogP contribution in [0.15, 0.2) is 90.1 Å². The maximum absolute atomic E-state index is 12.8. The molecule has 0 bridgehead atoms. The fraction of sp³-hybridized carbons (Fsp3) is 0.200. The molecule has 2 aromatic carbocycles. The molecule has 1 unspecified atom stereocenters. The highest BCUT2D eigenvalue weighted by atomic mass is 35.5. The van der Waals surface area contributed by atoms with Gasteiger partial charge in [0.1, 0.15) is 0 Å². The van der Waals surface area contributed by atoms with Gasteiger partial charge in [0.2, 0.25) is 0 Å². The number of benzene rings is 2. The lowest BCUT2D eigenvalue weighted by Crippen LogP contribution is -2.13. The molecule has 3 rings (SSSR count). The van der Waals surface area contributed by atoms with Crippen LogP contribution < -0.4 is 4.72 Å². The fourth-order valence-electron chi connectivity index (χ4n) is 3.55. The summed E-state index contributed by atoms with van der Waals surface area (Å²) in [7, 11) is -3.75. The van der Waals surface area contributed by atoms with Gasteiger partial charge in [0.25, 0.3) is 10.0 Å². The number of halogens is 1. The largest absolute Gasteiger partial charge is 0.478 e. The second-order valence-corrected chi connectivity index (χ2v) is 9.67. The maximum atomic E-state index is 12.8. The summed E-state index contributed by atoms with van der Waals surface area (Å²) in [4.78, 5) is 15.0. The number of aromatic nitrogens is 1. The number of rotatable bonds is 11. The first kappa shape index (κ1) is 24.5. The lowest BCUT2D eigenvalue weighted by atomic mass is 9.87. The molecular formula is C25H25ClN2O4S. The summed E-state index contributed by atoms with van der Waals surface area (Å²) < 4.78 is 28.2. The molecule has 0 saturated heterocycles. The van der Waals surface area contributed by atoms with Crippen LogP contribution in [0.2, 0.25) is 5.02 Å². The summed E-state index contributed by atoms with van der Waals surface area (Å²) >= 11 is 5.87. The number of carboxylic acid groups (broad SMARTS) is 1. The zero-order valence-corrected chi connectivity index (χ0v) is 19.5. The minimum atomic E-state index is -3.75. The summed E-state index contributed by atoms with van der Waals surface area (Å²) in [5.41, 5.74) is 2.48. The number of hydrogen-bond donors (Lipinski definition) is 2. The van der Waals surface area contributed by atoms with Crippen molar-refractivity contribution in [1.29, 1.82) is 0 Å². The Bertz CT molecular complexity index is 1200. The van der Waals surface area contributed by atoms with Crippen LogP contribution in [0.3, 0.4) is 0 Å². The third-order valence-electron chi connectivity index (χ3n) is 5.13. The molecular weight excluding hydrogens is 460 g/mol. The van der Waals surface area contributed by atoms with E-state index in [0.717, 1.165) is 36.5 Å². The Kier molecular flexibility index (Phi) is 8.63. The summed E-state index contributed by atoms with van der Waals surface area (Å²) in [6.07, 6.45) is 9.59. The van der Waals surface area contributed by atoms with Crippen molar-refractivity contribution >= 4 is 33.3 Å². The summed E-state index contributed by atoms with van der Waals surface area (Å²) in [5.74, 6) is -0.914. The molecule has 3 aromatic rings. The summed E-state index contributed by atoms with van der Waals surface area (Å²) in [6.45, 7) is 0. The standard InChI is InChI=1S/C25H25ClN2O4S/c26-21-12-14-23(15-13-21)33(31,32)28-22-9-5-7-19(17-22)24(20-8-6-16-27-18-20)10-3-1-2-4-11-25(29)30/h4-9,11-18,24,28H,1-3,10H2,(H,29,30). The lowest BCUT2D eigenvalue weighted by molar-refractivity contribution is -0.131. The van der Waals surface area contributed by atoms with Crippen molar-refractivity contribution in [2.75, 3.05) is 4.72 Å². The van der Waals surface area contributed by atoms with E-state index in [1.165, 1.54) is 24.3 Å². The Morgan fingerprint density at radius 3 is 2.52 bits per heavy atom. The number of unbranched alkanes of at least 4 members (excludes halogenated alkanes) is 2. The highest BCUT2D eigenvalue weighted by Gasteiger charge is 2.17. The van der Waals surface area contributed by atoms with E-state index in [9.17, 15) is 13.2 Å². The van der Waals surface area contributed by atoms with Crippen LogP contribution >= 0.6 is 11.6 Å². The van der Waals surface area contributed by atoms with Gasteiger partial charge in [-0.3, -0.25) is 9.71 Å². The predicted octanol–water partition coefficient (Wildman–Crippen LogP) is 5.87. The molecule has 172 valence electrons. The van der Waals surface area contributed by atoms with Crippen molar-refractivity contribution in [1.82, 2.24) is 4.98 Å². The van der Waals surface area contributed by atoms with Gasteiger partial charge in [-0.05, 0) is 72.9 Å². The monoisotopic (exact) mass is 484 g/mol. The third kappa shape index (κ3) is 7.44. The van der Waals surface area contributed by atoms with E-state index in [1.54, 1.807) is 18.3 Å². The van der Waals surface area contributed by atoms with Crippen LogP contribution in [0.25, 0.3) is 0 Å². The van der Waals surface area contributed by atoms with Crippen molar-refractivity contribution in [2.45, 2.75) is 36.5 Å². The number of hydrogen-bond acceptors (Lipinski definition) is 4. The van der Waals surface area contributed by atoms with Crippen molar-refractivity contribution in [3.05, 3.63) is 101 Å². The van der Waals surface area contributed by atoms with Crippen molar-refractivity contribution in [2.24, 2.45) is 0 Å². The topological polar surface area (TPSA) is 96.4 Å². The van der Waals surface area contributed by atoms with Crippen LogP contribution in [0.4, 0.5) is 5.69 Å². The molecule has 8 heteroatoms. The van der Waals surface area contributed by atoms with E-state index in [4.69, 9.17) is 16.7 Å². The zero-order valence-electron chi connectivity index (χ0n) is 17.9. The third-order valence-corrected chi connectivity index (χ3v) is 6.78. The Labute approximate surface area is 199 Å². The highest BCUT2D eigenvalue weighted by molar-refractivity contribution is 7.92. The first-order valence-corrected chi connectivity index (χ1v) is 12.4. The summed E-state index contributed by atoms with van der Waals surface area (Å²) in [6, 6.07) is 17.3.